The number of hydrogen-bond donors (Lipinski definition) is 1. The third kappa shape index (κ3) is 3.39. The number of hydrogen-bond acceptors (Lipinski definition) is 4. The number of H-pyrrole nitrogens is 1. The fourth-order valence-electron chi connectivity index (χ4n) is 3.33. The van der Waals surface area contributed by atoms with Crippen LogP contribution in [0.3, 0.4) is 0 Å². The highest BCUT2D eigenvalue weighted by Gasteiger charge is 2.20. The normalized spacial score (nSPS) is 11.1. The second kappa shape index (κ2) is 7.48. The van der Waals surface area contributed by atoms with Crippen molar-refractivity contribution in [2.24, 2.45) is 0 Å². The molecule has 5 aromatic rings. The summed E-state index contributed by atoms with van der Waals surface area (Å²) in [5.41, 5.74) is 4.65. The lowest BCUT2D eigenvalue weighted by Gasteiger charge is -2.16. The van der Waals surface area contributed by atoms with E-state index in [9.17, 15) is 4.39 Å². The van der Waals surface area contributed by atoms with Crippen molar-refractivity contribution in [2.45, 2.75) is 10.1 Å². The minimum atomic E-state index is -0.276. The van der Waals surface area contributed by atoms with Gasteiger partial charge < -0.3 is 0 Å². The summed E-state index contributed by atoms with van der Waals surface area (Å²) < 4.78 is 13.6. The van der Waals surface area contributed by atoms with E-state index in [1.165, 1.54) is 30.2 Å². The zero-order valence-electron chi connectivity index (χ0n) is 15.2. The van der Waals surface area contributed by atoms with E-state index in [1.807, 2.05) is 36.4 Å². The summed E-state index contributed by atoms with van der Waals surface area (Å²) in [5.74, 6) is -0.276. The van der Waals surface area contributed by atoms with Gasteiger partial charge in [-0.25, -0.2) is 14.4 Å². The van der Waals surface area contributed by atoms with Crippen LogP contribution in [0.4, 0.5) is 4.39 Å². The molecule has 5 rings (SSSR count). The zero-order valence-corrected chi connectivity index (χ0v) is 16.0. The molecule has 4 nitrogen and oxygen atoms in total. The van der Waals surface area contributed by atoms with Crippen molar-refractivity contribution in [3.05, 3.63) is 91.0 Å². The Morgan fingerprint density at radius 1 is 0.793 bits per heavy atom. The molecule has 0 spiro atoms. The first-order valence-electron chi connectivity index (χ1n) is 9.07. The number of rotatable bonds is 4. The van der Waals surface area contributed by atoms with Gasteiger partial charge in [0.1, 0.15) is 12.1 Å². The number of pyridine rings is 1. The fraction of sp³-hybridized carbons (Fsp3) is 0. The Morgan fingerprint density at radius 2 is 1.55 bits per heavy atom. The van der Waals surface area contributed by atoms with Gasteiger partial charge in [0.15, 0.2) is 5.16 Å². The molecular formula is C23H15FN4S. The van der Waals surface area contributed by atoms with Crippen molar-refractivity contribution in [3.8, 4) is 22.4 Å². The molecule has 0 aliphatic heterocycles. The summed E-state index contributed by atoms with van der Waals surface area (Å²) in [4.78, 5) is 10.2. The number of aromatic nitrogens is 4. The van der Waals surface area contributed by atoms with Crippen LogP contribution >= 0.6 is 11.8 Å². The van der Waals surface area contributed by atoms with Crippen molar-refractivity contribution in [1.29, 1.82) is 0 Å². The molecule has 0 amide bonds. The average molecular weight is 398 g/mol. The van der Waals surface area contributed by atoms with Crippen LogP contribution in [0.5, 0.6) is 0 Å². The van der Waals surface area contributed by atoms with E-state index >= 15 is 0 Å². The molecule has 0 saturated carbocycles. The molecule has 29 heavy (non-hydrogen) atoms. The van der Waals surface area contributed by atoms with E-state index in [0.29, 0.717) is 5.16 Å². The number of fused-ring (bicyclic) bond motifs is 1. The van der Waals surface area contributed by atoms with Gasteiger partial charge in [0.2, 0.25) is 0 Å². The summed E-state index contributed by atoms with van der Waals surface area (Å²) in [6, 6.07) is 24.7. The molecule has 2 heterocycles. The number of nitrogens with one attached hydrogen (secondary N) is 1. The molecular weight excluding hydrogens is 383 g/mol. The van der Waals surface area contributed by atoms with E-state index in [2.05, 4.69) is 33.4 Å². The van der Waals surface area contributed by atoms with E-state index < -0.39 is 0 Å². The number of benzene rings is 3. The smallest absolute Gasteiger partial charge is 0.188 e. The molecule has 0 aliphatic carbocycles. The van der Waals surface area contributed by atoms with Gasteiger partial charge in [-0.1, -0.05) is 48.5 Å². The standard InChI is InChI=1S/C23H15FN4S/c24-17-12-10-16(11-13-17)21-22(29-23-25-14-26-28-23)20(15-6-2-1-3-7-15)18-8-4-5-9-19(18)27-21/h1-14H,(H,25,26,28). The van der Waals surface area contributed by atoms with Crippen molar-refractivity contribution in [1.82, 2.24) is 20.2 Å². The predicted molar refractivity (Wildman–Crippen MR) is 113 cm³/mol. The lowest BCUT2D eigenvalue weighted by molar-refractivity contribution is 0.628. The third-order valence-corrected chi connectivity index (χ3v) is 5.61. The van der Waals surface area contributed by atoms with Gasteiger partial charge in [0.25, 0.3) is 0 Å². The first kappa shape index (κ1) is 17.6. The Morgan fingerprint density at radius 3 is 2.31 bits per heavy atom. The molecule has 0 fully saturated rings. The van der Waals surface area contributed by atoms with Gasteiger partial charge in [-0.05, 0) is 47.7 Å². The van der Waals surface area contributed by atoms with Crippen LogP contribution < -0.4 is 0 Å². The Kier molecular flexibility index (Phi) is 4.54. The van der Waals surface area contributed by atoms with Crippen molar-refractivity contribution >= 4 is 22.7 Å². The molecule has 0 atom stereocenters. The summed E-state index contributed by atoms with van der Waals surface area (Å²) in [6.45, 7) is 0. The fourth-order valence-corrected chi connectivity index (χ4v) is 4.31. The largest absolute Gasteiger partial charge is 0.254 e. The molecule has 140 valence electrons. The molecule has 0 radical (unpaired) electrons. The van der Waals surface area contributed by atoms with Crippen LogP contribution in [0.25, 0.3) is 33.3 Å². The maximum absolute atomic E-state index is 13.6. The molecule has 0 bridgehead atoms. The Balaban J connectivity index is 1.86. The van der Waals surface area contributed by atoms with Gasteiger partial charge in [0, 0.05) is 16.5 Å². The van der Waals surface area contributed by atoms with E-state index in [-0.39, 0.29) is 5.82 Å². The SMILES string of the molecule is Fc1ccc(-c2nc3ccccc3c(-c3ccccc3)c2Sc2ncn[nH]2)cc1. The lowest BCUT2D eigenvalue weighted by Crippen LogP contribution is -1.95. The van der Waals surface area contributed by atoms with Crippen LogP contribution in [-0.2, 0) is 0 Å². The monoisotopic (exact) mass is 398 g/mol. The zero-order chi connectivity index (χ0) is 19.6. The summed E-state index contributed by atoms with van der Waals surface area (Å²) >= 11 is 1.47. The minimum Gasteiger partial charge on any atom is -0.254 e. The van der Waals surface area contributed by atoms with Crippen LogP contribution in [0, 0.1) is 5.82 Å². The molecule has 2 aromatic heterocycles. The summed E-state index contributed by atoms with van der Waals surface area (Å²) in [7, 11) is 0. The van der Waals surface area contributed by atoms with Gasteiger partial charge in [-0.3, -0.25) is 5.10 Å². The van der Waals surface area contributed by atoms with E-state index in [4.69, 9.17) is 4.98 Å². The van der Waals surface area contributed by atoms with Gasteiger partial charge >= 0.3 is 0 Å². The number of para-hydroxylation sites is 1. The molecule has 0 unspecified atom stereocenters. The highest BCUT2D eigenvalue weighted by Crippen LogP contribution is 2.44. The third-order valence-electron chi connectivity index (χ3n) is 4.62. The highest BCUT2D eigenvalue weighted by molar-refractivity contribution is 7.99. The first-order valence-corrected chi connectivity index (χ1v) is 9.88. The first-order chi connectivity index (χ1) is 14.3. The van der Waals surface area contributed by atoms with Crippen LogP contribution in [0.15, 0.2) is 95.2 Å². The van der Waals surface area contributed by atoms with Gasteiger partial charge in [-0.2, -0.15) is 5.10 Å². The summed E-state index contributed by atoms with van der Waals surface area (Å²) in [6.07, 6.45) is 1.48. The van der Waals surface area contributed by atoms with Crippen molar-refractivity contribution in [2.75, 3.05) is 0 Å². The Labute approximate surface area is 170 Å². The van der Waals surface area contributed by atoms with Crippen LogP contribution in [-0.4, -0.2) is 20.2 Å². The molecule has 3 aromatic carbocycles. The maximum atomic E-state index is 13.6. The number of halogens is 1. The maximum Gasteiger partial charge on any atom is 0.188 e. The Hall–Kier alpha value is -3.51. The minimum absolute atomic E-state index is 0.276. The van der Waals surface area contributed by atoms with Gasteiger partial charge in [-0.15, -0.1) is 0 Å². The second-order valence-electron chi connectivity index (χ2n) is 6.45. The molecule has 0 aliphatic rings. The number of aromatic amines is 1. The Bertz CT molecular complexity index is 1270. The van der Waals surface area contributed by atoms with Crippen molar-refractivity contribution < 1.29 is 4.39 Å². The van der Waals surface area contributed by atoms with Crippen LogP contribution in [0.1, 0.15) is 0 Å². The topological polar surface area (TPSA) is 54.5 Å². The second-order valence-corrected chi connectivity index (χ2v) is 7.45. The van der Waals surface area contributed by atoms with Crippen LogP contribution in [0.2, 0.25) is 0 Å². The quantitative estimate of drug-likeness (QED) is 0.405. The molecule has 0 saturated heterocycles. The predicted octanol–water partition coefficient (Wildman–Crippen LogP) is 5.98. The lowest BCUT2D eigenvalue weighted by atomic mass is 9.98. The summed E-state index contributed by atoms with van der Waals surface area (Å²) in [5, 5.41) is 8.60. The van der Waals surface area contributed by atoms with E-state index in [1.54, 1.807) is 12.1 Å². The van der Waals surface area contributed by atoms with E-state index in [0.717, 1.165) is 38.2 Å². The van der Waals surface area contributed by atoms with Crippen molar-refractivity contribution in [3.63, 3.8) is 0 Å². The molecule has 1 N–H and O–H groups in total. The number of nitrogens with zero attached hydrogens (tertiary/aromatic N) is 3. The average Bonchev–Trinajstić information content (AvgIpc) is 3.28. The molecule has 6 heteroatoms. The van der Waals surface area contributed by atoms with Gasteiger partial charge in [0.05, 0.1) is 16.1 Å². The highest BCUT2D eigenvalue weighted by atomic mass is 32.2.